The number of pyridine rings is 1. The molecule has 3 rings (SSSR count). The van der Waals surface area contributed by atoms with Crippen molar-refractivity contribution in [2.24, 2.45) is 0 Å². The predicted molar refractivity (Wildman–Crippen MR) is 72.3 cm³/mol. The lowest BCUT2D eigenvalue weighted by Crippen LogP contribution is -1.97. The highest BCUT2D eigenvalue weighted by atomic mass is 35.5. The van der Waals surface area contributed by atoms with Crippen LogP contribution < -0.4 is 0 Å². The first-order valence-corrected chi connectivity index (χ1v) is 6.15. The second-order valence-corrected chi connectivity index (χ2v) is 4.12. The molecule has 1 aromatic carbocycles. The standard InChI is InChI=1S/C14H10ClN3/c15-9-13-17-11-6-2-1-5-10(11)14(18-13)12-7-3-4-8-16-12/h1-8H,9H2. The highest BCUT2D eigenvalue weighted by molar-refractivity contribution is 6.16. The molecule has 0 N–H and O–H groups in total. The zero-order chi connectivity index (χ0) is 12.4. The smallest absolute Gasteiger partial charge is 0.144 e. The van der Waals surface area contributed by atoms with E-state index in [1.54, 1.807) is 6.20 Å². The Labute approximate surface area is 109 Å². The maximum absolute atomic E-state index is 5.84. The molecule has 0 spiro atoms. The quantitative estimate of drug-likeness (QED) is 0.659. The van der Waals surface area contributed by atoms with Gasteiger partial charge in [0.25, 0.3) is 0 Å². The number of halogens is 1. The summed E-state index contributed by atoms with van der Waals surface area (Å²) in [4.78, 5) is 13.2. The summed E-state index contributed by atoms with van der Waals surface area (Å²) in [6.07, 6.45) is 1.76. The lowest BCUT2D eigenvalue weighted by atomic mass is 10.1. The van der Waals surface area contributed by atoms with Gasteiger partial charge in [-0.3, -0.25) is 4.98 Å². The van der Waals surface area contributed by atoms with E-state index in [4.69, 9.17) is 11.6 Å². The summed E-state index contributed by atoms with van der Waals surface area (Å²) >= 11 is 5.84. The average Bonchev–Trinajstić information content (AvgIpc) is 2.47. The minimum absolute atomic E-state index is 0.296. The first-order chi connectivity index (χ1) is 8.88. The number of alkyl halides is 1. The van der Waals surface area contributed by atoms with E-state index in [0.29, 0.717) is 11.7 Å². The van der Waals surface area contributed by atoms with Crippen LogP contribution in [0.1, 0.15) is 5.82 Å². The van der Waals surface area contributed by atoms with Crippen LogP contribution in [0.25, 0.3) is 22.3 Å². The first-order valence-electron chi connectivity index (χ1n) is 5.61. The van der Waals surface area contributed by atoms with Crippen LogP contribution in [0.2, 0.25) is 0 Å². The van der Waals surface area contributed by atoms with Gasteiger partial charge in [0.05, 0.1) is 17.1 Å². The molecule has 0 radical (unpaired) electrons. The molecule has 4 heteroatoms. The molecule has 0 aliphatic carbocycles. The third-order valence-electron chi connectivity index (χ3n) is 2.68. The Morgan fingerprint density at radius 1 is 0.944 bits per heavy atom. The molecule has 88 valence electrons. The van der Waals surface area contributed by atoms with Crippen LogP contribution in [0.4, 0.5) is 0 Å². The van der Waals surface area contributed by atoms with Crippen LogP contribution >= 0.6 is 11.6 Å². The fourth-order valence-electron chi connectivity index (χ4n) is 1.88. The Morgan fingerprint density at radius 3 is 2.56 bits per heavy atom. The van der Waals surface area contributed by atoms with Gasteiger partial charge in [-0.1, -0.05) is 24.3 Å². The highest BCUT2D eigenvalue weighted by Gasteiger charge is 2.09. The van der Waals surface area contributed by atoms with E-state index in [1.807, 2.05) is 42.5 Å². The van der Waals surface area contributed by atoms with Crippen molar-refractivity contribution in [1.82, 2.24) is 15.0 Å². The second kappa shape index (κ2) is 4.70. The van der Waals surface area contributed by atoms with E-state index in [0.717, 1.165) is 22.3 Å². The van der Waals surface area contributed by atoms with Crippen molar-refractivity contribution in [3.8, 4) is 11.4 Å². The maximum Gasteiger partial charge on any atom is 0.144 e. The number of rotatable bonds is 2. The zero-order valence-electron chi connectivity index (χ0n) is 9.55. The molecular formula is C14H10ClN3. The van der Waals surface area contributed by atoms with Gasteiger partial charge in [-0.2, -0.15) is 0 Å². The van der Waals surface area contributed by atoms with Crippen LogP contribution in [0.3, 0.4) is 0 Å². The number of nitrogens with zero attached hydrogens (tertiary/aromatic N) is 3. The van der Waals surface area contributed by atoms with Crippen molar-refractivity contribution in [1.29, 1.82) is 0 Å². The fraction of sp³-hybridized carbons (Fsp3) is 0.0714. The van der Waals surface area contributed by atoms with Gasteiger partial charge in [0.2, 0.25) is 0 Å². The number of para-hydroxylation sites is 1. The number of benzene rings is 1. The Hall–Kier alpha value is -2.00. The van der Waals surface area contributed by atoms with Crippen molar-refractivity contribution in [3.63, 3.8) is 0 Å². The molecule has 0 bridgehead atoms. The van der Waals surface area contributed by atoms with Gasteiger partial charge in [-0.05, 0) is 18.2 Å². The van der Waals surface area contributed by atoms with Gasteiger partial charge in [-0.25, -0.2) is 9.97 Å². The van der Waals surface area contributed by atoms with Crippen LogP contribution in [-0.4, -0.2) is 15.0 Å². The predicted octanol–water partition coefficient (Wildman–Crippen LogP) is 3.43. The van der Waals surface area contributed by atoms with Crippen molar-refractivity contribution in [2.45, 2.75) is 5.88 Å². The first kappa shape index (κ1) is 11.1. The monoisotopic (exact) mass is 255 g/mol. The van der Waals surface area contributed by atoms with Crippen LogP contribution in [0, 0.1) is 0 Å². The van der Waals surface area contributed by atoms with Gasteiger partial charge >= 0.3 is 0 Å². The van der Waals surface area contributed by atoms with Crippen LogP contribution in [-0.2, 0) is 5.88 Å². The van der Waals surface area contributed by atoms with Gasteiger partial charge in [0.1, 0.15) is 11.5 Å². The molecule has 0 aliphatic rings. The largest absolute Gasteiger partial charge is 0.255 e. The molecule has 0 atom stereocenters. The van der Waals surface area contributed by atoms with Crippen LogP contribution in [0.5, 0.6) is 0 Å². The topological polar surface area (TPSA) is 38.7 Å². The molecule has 0 unspecified atom stereocenters. The molecule has 0 amide bonds. The molecule has 2 heterocycles. The Bertz CT molecular complexity index is 683. The summed E-state index contributed by atoms with van der Waals surface area (Å²) in [5, 5.41) is 0.991. The molecule has 3 aromatic rings. The van der Waals surface area contributed by atoms with E-state index in [-0.39, 0.29) is 0 Å². The van der Waals surface area contributed by atoms with Gasteiger partial charge in [0.15, 0.2) is 0 Å². The number of fused-ring (bicyclic) bond motifs is 1. The van der Waals surface area contributed by atoms with E-state index in [1.165, 1.54) is 0 Å². The number of hydrogen-bond donors (Lipinski definition) is 0. The molecule has 3 nitrogen and oxygen atoms in total. The molecule has 2 aromatic heterocycles. The van der Waals surface area contributed by atoms with E-state index >= 15 is 0 Å². The normalized spacial score (nSPS) is 10.7. The van der Waals surface area contributed by atoms with Gasteiger partial charge in [0, 0.05) is 11.6 Å². The third-order valence-corrected chi connectivity index (χ3v) is 2.92. The molecule has 0 saturated carbocycles. The van der Waals surface area contributed by atoms with Crippen LogP contribution in [0.15, 0.2) is 48.7 Å². The summed E-state index contributed by atoms with van der Waals surface area (Å²) < 4.78 is 0. The summed E-state index contributed by atoms with van der Waals surface area (Å²) in [5.74, 6) is 0.918. The third kappa shape index (κ3) is 1.93. The summed E-state index contributed by atoms with van der Waals surface area (Å²) in [5.41, 5.74) is 2.56. The van der Waals surface area contributed by atoms with Crippen molar-refractivity contribution < 1.29 is 0 Å². The minimum Gasteiger partial charge on any atom is -0.255 e. The summed E-state index contributed by atoms with van der Waals surface area (Å²) in [7, 11) is 0. The molecular weight excluding hydrogens is 246 g/mol. The maximum atomic E-state index is 5.84. The Morgan fingerprint density at radius 2 is 1.78 bits per heavy atom. The molecule has 18 heavy (non-hydrogen) atoms. The lowest BCUT2D eigenvalue weighted by molar-refractivity contribution is 1.06. The minimum atomic E-state index is 0.296. The summed E-state index contributed by atoms with van der Waals surface area (Å²) in [6, 6.07) is 13.6. The van der Waals surface area contributed by atoms with Gasteiger partial charge in [-0.15, -0.1) is 11.6 Å². The molecule has 0 aliphatic heterocycles. The lowest BCUT2D eigenvalue weighted by Gasteiger charge is -2.06. The second-order valence-electron chi connectivity index (χ2n) is 3.85. The SMILES string of the molecule is ClCc1nc(-c2ccccn2)c2ccccc2n1. The van der Waals surface area contributed by atoms with Crippen molar-refractivity contribution >= 4 is 22.5 Å². The summed E-state index contributed by atoms with van der Waals surface area (Å²) in [6.45, 7) is 0. The molecule has 0 saturated heterocycles. The van der Waals surface area contributed by atoms with Crippen molar-refractivity contribution in [3.05, 3.63) is 54.5 Å². The van der Waals surface area contributed by atoms with Crippen molar-refractivity contribution in [2.75, 3.05) is 0 Å². The van der Waals surface area contributed by atoms with E-state index in [2.05, 4.69) is 15.0 Å². The Kier molecular flexibility index (Phi) is 2.90. The fourth-order valence-corrected chi connectivity index (χ4v) is 2.00. The zero-order valence-corrected chi connectivity index (χ0v) is 10.3. The molecule has 0 fully saturated rings. The van der Waals surface area contributed by atoms with E-state index < -0.39 is 0 Å². The van der Waals surface area contributed by atoms with E-state index in [9.17, 15) is 0 Å². The number of hydrogen-bond acceptors (Lipinski definition) is 3. The average molecular weight is 256 g/mol. The number of aromatic nitrogens is 3. The van der Waals surface area contributed by atoms with Gasteiger partial charge < -0.3 is 0 Å². The Balaban J connectivity index is 2.33. The highest BCUT2D eigenvalue weighted by Crippen LogP contribution is 2.24.